The highest BCUT2D eigenvalue weighted by Crippen LogP contribution is 2.19. The van der Waals surface area contributed by atoms with Crippen LogP contribution < -0.4 is 11.1 Å². The van der Waals surface area contributed by atoms with Gasteiger partial charge in [-0.25, -0.2) is 0 Å². The van der Waals surface area contributed by atoms with Crippen molar-refractivity contribution < 1.29 is 9.59 Å². The van der Waals surface area contributed by atoms with Gasteiger partial charge in [-0.05, 0) is 25.0 Å². The largest absolute Gasteiger partial charge is 0.352 e. The van der Waals surface area contributed by atoms with Gasteiger partial charge in [0.25, 0.3) is 0 Å². The molecular formula is C15H21N3O2. The van der Waals surface area contributed by atoms with E-state index in [1.54, 1.807) is 18.7 Å². The summed E-state index contributed by atoms with van der Waals surface area (Å²) in [6.07, 6.45) is 0.307. The van der Waals surface area contributed by atoms with E-state index in [0.29, 0.717) is 26.1 Å². The summed E-state index contributed by atoms with van der Waals surface area (Å²) >= 11 is 0. The standard InChI is InChI=1S/C15H21N3O2/c1-15(2)14(20)17-7-8-18(15)13(19)9-11-3-5-12(10-16)6-4-11/h3-6H,7-10,16H2,1-2H3,(H,17,20). The van der Waals surface area contributed by atoms with E-state index < -0.39 is 5.54 Å². The van der Waals surface area contributed by atoms with Crippen molar-refractivity contribution in [2.45, 2.75) is 32.4 Å². The Balaban J connectivity index is 2.08. The van der Waals surface area contributed by atoms with Gasteiger partial charge in [-0.2, -0.15) is 0 Å². The van der Waals surface area contributed by atoms with Crippen LogP contribution in [0.25, 0.3) is 0 Å². The van der Waals surface area contributed by atoms with Crippen molar-refractivity contribution in [3.63, 3.8) is 0 Å². The van der Waals surface area contributed by atoms with Crippen LogP contribution in [-0.4, -0.2) is 35.3 Å². The monoisotopic (exact) mass is 275 g/mol. The van der Waals surface area contributed by atoms with Gasteiger partial charge in [-0.3, -0.25) is 9.59 Å². The zero-order valence-corrected chi connectivity index (χ0v) is 12.0. The Labute approximate surface area is 119 Å². The van der Waals surface area contributed by atoms with Crippen LogP contribution in [0.3, 0.4) is 0 Å². The summed E-state index contributed by atoms with van der Waals surface area (Å²) in [5.74, 6) is -0.124. The molecule has 1 aromatic rings. The minimum absolute atomic E-state index is 0.0228. The first-order valence-corrected chi connectivity index (χ1v) is 6.82. The number of carbonyl (C=O) groups excluding carboxylic acids is 2. The smallest absolute Gasteiger partial charge is 0.245 e. The number of benzene rings is 1. The number of rotatable bonds is 3. The Morgan fingerprint density at radius 2 is 1.90 bits per heavy atom. The molecule has 2 rings (SSSR count). The number of nitrogens with one attached hydrogen (secondary N) is 1. The van der Waals surface area contributed by atoms with E-state index in [1.807, 2.05) is 24.3 Å². The maximum Gasteiger partial charge on any atom is 0.245 e. The fourth-order valence-electron chi connectivity index (χ4n) is 2.40. The highest BCUT2D eigenvalue weighted by atomic mass is 16.2. The lowest BCUT2D eigenvalue weighted by atomic mass is 9.97. The van der Waals surface area contributed by atoms with Crippen molar-refractivity contribution >= 4 is 11.8 Å². The van der Waals surface area contributed by atoms with Gasteiger partial charge in [-0.1, -0.05) is 24.3 Å². The fraction of sp³-hybridized carbons (Fsp3) is 0.467. The molecule has 1 fully saturated rings. The molecular weight excluding hydrogens is 254 g/mol. The van der Waals surface area contributed by atoms with Crippen LogP contribution >= 0.6 is 0 Å². The molecule has 1 aliphatic heterocycles. The molecule has 5 nitrogen and oxygen atoms in total. The lowest BCUT2D eigenvalue weighted by Gasteiger charge is -2.41. The number of piperazine rings is 1. The molecule has 1 aliphatic rings. The van der Waals surface area contributed by atoms with E-state index in [1.165, 1.54) is 0 Å². The summed E-state index contributed by atoms with van der Waals surface area (Å²) in [5, 5.41) is 2.79. The second-order valence-corrected chi connectivity index (χ2v) is 5.56. The molecule has 0 saturated carbocycles. The van der Waals surface area contributed by atoms with E-state index in [4.69, 9.17) is 5.73 Å². The topological polar surface area (TPSA) is 75.4 Å². The van der Waals surface area contributed by atoms with Gasteiger partial charge in [0.15, 0.2) is 0 Å². The Kier molecular flexibility index (Phi) is 4.09. The fourth-order valence-corrected chi connectivity index (χ4v) is 2.40. The first kappa shape index (κ1) is 14.5. The average Bonchev–Trinajstić information content (AvgIpc) is 2.42. The first-order valence-electron chi connectivity index (χ1n) is 6.82. The van der Waals surface area contributed by atoms with Crippen molar-refractivity contribution in [3.8, 4) is 0 Å². The first-order chi connectivity index (χ1) is 9.45. The maximum absolute atomic E-state index is 12.4. The lowest BCUT2D eigenvalue weighted by molar-refractivity contribution is -0.148. The van der Waals surface area contributed by atoms with Crippen LogP contribution in [0, 0.1) is 0 Å². The molecule has 5 heteroatoms. The zero-order chi connectivity index (χ0) is 14.8. The van der Waals surface area contributed by atoms with Crippen LogP contribution in [0.2, 0.25) is 0 Å². The van der Waals surface area contributed by atoms with Crippen LogP contribution in [0.1, 0.15) is 25.0 Å². The predicted octanol–water partition coefficient (Wildman–Crippen LogP) is 0.425. The molecule has 1 aromatic carbocycles. The minimum atomic E-state index is -0.785. The van der Waals surface area contributed by atoms with Gasteiger partial charge < -0.3 is 16.0 Å². The molecule has 0 aromatic heterocycles. The molecule has 0 unspecified atom stereocenters. The van der Waals surface area contributed by atoms with Gasteiger partial charge in [0.1, 0.15) is 5.54 Å². The summed E-state index contributed by atoms with van der Waals surface area (Å²) in [4.78, 5) is 25.9. The van der Waals surface area contributed by atoms with Gasteiger partial charge in [0, 0.05) is 19.6 Å². The summed E-state index contributed by atoms with van der Waals surface area (Å²) in [6, 6.07) is 7.68. The predicted molar refractivity (Wildman–Crippen MR) is 76.8 cm³/mol. The second kappa shape index (κ2) is 5.63. The third kappa shape index (κ3) is 2.82. The van der Waals surface area contributed by atoms with E-state index in [2.05, 4.69) is 5.32 Å². The zero-order valence-electron chi connectivity index (χ0n) is 12.0. The van der Waals surface area contributed by atoms with E-state index in [9.17, 15) is 9.59 Å². The van der Waals surface area contributed by atoms with Crippen molar-refractivity contribution in [1.29, 1.82) is 0 Å². The summed E-state index contributed by atoms with van der Waals surface area (Å²) in [7, 11) is 0. The number of nitrogens with zero attached hydrogens (tertiary/aromatic N) is 1. The number of nitrogens with two attached hydrogens (primary N) is 1. The summed E-state index contributed by atoms with van der Waals surface area (Å²) < 4.78 is 0. The Hall–Kier alpha value is -1.88. The molecule has 3 N–H and O–H groups in total. The van der Waals surface area contributed by atoms with Gasteiger partial charge in [-0.15, -0.1) is 0 Å². The van der Waals surface area contributed by atoms with Crippen molar-refractivity contribution in [2.75, 3.05) is 13.1 Å². The summed E-state index contributed by atoms with van der Waals surface area (Å²) in [6.45, 7) is 5.11. The second-order valence-electron chi connectivity index (χ2n) is 5.56. The Bertz CT molecular complexity index is 508. The van der Waals surface area contributed by atoms with Gasteiger partial charge >= 0.3 is 0 Å². The van der Waals surface area contributed by atoms with E-state index in [0.717, 1.165) is 11.1 Å². The van der Waals surface area contributed by atoms with Crippen molar-refractivity contribution in [1.82, 2.24) is 10.2 Å². The number of amides is 2. The third-order valence-electron chi connectivity index (χ3n) is 3.77. The number of hydrogen-bond donors (Lipinski definition) is 2. The average molecular weight is 275 g/mol. The minimum Gasteiger partial charge on any atom is -0.352 e. The van der Waals surface area contributed by atoms with Crippen molar-refractivity contribution in [3.05, 3.63) is 35.4 Å². The van der Waals surface area contributed by atoms with Crippen molar-refractivity contribution in [2.24, 2.45) is 5.73 Å². The van der Waals surface area contributed by atoms with E-state index in [-0.39, 0.29) is 11.8 Å². The highest BCUT2D eigenvalue weighted by molar-refractivity contribution is 5.92. The van der Waals surface area contributed by atoms with Gasteiger partial charge in [0.05, 0.1) is 6.42 Å². The number of hydrogen-bond acceptors (Lipinski definition) is 3. The third-order valence-corrected chi connectivity index (χ3v) is 3.77. The Morgan fingerprint density at radius 1 is 1.30 bits per heavy atom. The number of carbonyl (C=O) groups is 2. The molecule has 0 atom stereocenters. The summed E-state index contributed by atoms with van der Waals surface area (Å²) in [5.41, 5.74) is 6.74. The molecule has 0 radical (unpaired) electrons. The molecule has 108 valence electrons. The maximum atomic E-state index is 12.4. The molecule has 1 saturated heterocycles. The van der Waals surface area contributed by atoms with E-state index >= 15 is 0 Å². The molecule has 0 spiro atoms. The van der Waals surface area contributed by atoms with Crippen LogP contribution in [0.4, 0.5) is 0 Å². The van der Waals surface area contributed by atoms with Gasteiger partial charge in [0.2, 0.25) is 11.8 Å². The Morgan fingerprint density at radius 3 is 2.50 bits per heavy atom. The molecule has 0 aliphatic carbocycles. The van der Waals surface area contributed by atoms with Crippen LogP contribution in [0.5, 0.6) is 0 Å². The van der Waals surface area contributed by atoms with Crippen LogP contribution in [-0.2, 0) is 22.6 Å². The molecule has 1 heterocycles. The quantitative estimate of drug-likeness (QED) is 0.839. The van der Waals surface area contributed by atoms with Crippen LogP contribution in [0.15, 0.2) is 24.3 Å². The molecule has 2 amide bonds. The SMILES string of the molecule is CC1(C)C(=O)NCCN1C(=O)Cc1ccc(CN)cc1. The normalized spacial score (nSPS) is 17.8. The highest BCUT2D eigenvalue weighted by Gasteiger charge is 2.40. The lowest BCUT2D eigenvalue weighted by Crippen LogP contribution is -2.63. The molecule has 0 bridgehead atoms. The molecule has 20 heavy (non-hydrogen) atoms.